The Morgan fingerprint density at radius 1 is 1.12 bits per heavy atom. The summed E-state index contributed by atoms with van der Waals surface area (Å²) in [4.78, 5) is 9.01. The molecule has 134 valence electrons. The molecule has 1 heterocycles. The minimum absolute atomic E-state index is 0.511. The fourth-order valence-corrected chi connectivity index (χ4v) is 3.46. The largest absolute Gasteiger partial charge is 0.416 e. The molecule has 0 bridgehead atoms. The lowest BCUT2D eigenvalue weighted by Gasteiger charge is -2.23. The summed E-state index contributed by atoms with van der Waals surface area (Å²) in [6, 6.07) is 5.06. The predicted molar refractivity (Wildman–Crippen MR) is 92.1 cm³/mol. The minimum atomic E-state index is -4.32. The van der Waals surface area contributed by atoms with Crippen LogP contribution >= 0.6 is 0 Å². The van der Waals surface area contributed by atoms with Crippen molar-refractivity contribution >= 4 is 0 Å². The van der Waals surface area contributed by atoms with Gasteiger partial charge in [-0.15, -0.1) is 0 Å². The number of hydrogen-bond acceptors (Lipinski definition) is 2. The minimum Gasteiger partial charge on any atom is -0.236 e. The van der Waals surface area contributed by atoms with Gasteiger partial charge in [0, 0.05) is 17.5 Å². The maximum atomic E-state index is 12.7. The SMILES string of the molecule is CCCCCC1CCc2nc(-c3ccc(C(F)(F)F)cc3)ncc2C1. The summed E-state index contributed by atoms with van der Waals surface area (Å²) in [5, 5.41) is 0. The fourth-order valence-electron chi connectivity index (χ4n) is 3.46. The molecule has 1 atom stereocenters. The van der Waals surface area contributed by atoms with Crippen molar-refractivity contribution in [3.8, 4) is 11.4 Å². The molecule has 0 N–H and O–H groups in total. The Hall–Kier alpha value is -1.91. The van der Waals surface area contributed by atoms with Crippen LogP contribution in [0.1, 0.15) is 55.8 Å². The third kappa shape index (κ3) is 4.39. The Labute approximate surface area is 146 Å². The number of hydrogen-bond donors (Lipinski definition) is 0. The van der Waals surface area contributed by atoms with Crippen LogP contribution < -0.4 is 0 Å². The average Bonchev–Trinajstić information content (AvgIpc) is 2.61. The van der Waals surface area contributed by atoms with Crippen molar-refractivity contribution in [1.29, 1.82) is 0 Å². The van der Waals surface area contributed by atoms with Gasteiger partial charge in [-0.3, -0.25) is 0 Å². The molecule has 0 saturated carbocycles. The Morgan fingerprint density at radius 2 is 1.88 bits per heavy atom. The average molecular weight is 348 g/mol. The molecule has 3 rings (SSSR count). The van der Waals surface area contributed by atoms with Gasteiger partial charge < -0.3 is 0 Å². The quantitative estimate of drug-likeness (QED) is 0.634. The van der Waals surface area contributed by atoms with Gasteiger partial charge in [0.25, 0.3) is 0 Å². The van der Waals surface area contributed by atoms with Crippen LogP contribution in [0.15, 0.2) is 30.5 Å². The first-order chi connectivity index (χ1) is 12.0. The van der Waals surface area contributed by atoms with E-state index in [9.17, 15) is 13.2 Å². The molecule has 0 spiro atoms. The lowest BCUT2D eigenvalue weighted by molar-refractivity contribution is -0.137. The zero-order valence-electron chi connectivity index (χ0n) is 14.4. The van der Waals surface area contributed by atoms with Crippen molar-refractivity contribution in [3.05, 3.63) is 47.3 Å². The van der Waals surface area contributed by atoms with E-state index in [0.717, 1.165) is 37.1 Å². The van der Waals surface area contributed by atoms with Gasteiger partial charge in [-0.1, -0.05) is 44.7 Å². The highest BCUT2D eigenvalue weighted by Crippen LogP contribution is 2.32. The highest BCUT2D eigenvalue weighted by Gasteiger charge is 2.30. The molecule has 0 radical (unpaired) electrons. The first-order valence-electron chi connectivity index (χ1n) is 8.99. The first kappa shape index (κ1) is 17.9. The Balaban J connectivity index is 1.72. The molecule has 1 aromatic carbocycles. The summed E-state index contributed by atoms with van der Waals surface area (Å²) in [6.45, 7) is 2.22. The molecule has 0 amide bonds. The summed E-state index contributed by atoms with van der Waals surface area (Å²) in [6.07, 6.45) is 5.70. The van der Waals surface area contributed by atoms with E-state index < -0.39 is 11.7 Å². The Bertz CT molecular complexity index is 708. The number of aryl methyl sites for hydroxylation is 1. The number of halogens is 3. The van der Waals surface area contributed by atoms with Crippen LogP contribution in [0.3, 0.4) is 0 Å². The summed E-state index contributed by atoms with van der Waals surface area (Å²) < 4.78 is 38.0. The highest BCUT2D eigenvalue weighted by atomic mass is 19.4. The van der Waals surface area contributed by atoms with Crippen molar-refractivity contribution in [2.75, 3.05) is 0 Å². The zero-order valence-corrected chi connectivity index (χ0v) is 14.4. The van der Waals surface area contributed by atoms with Gasteiger partial charge in [0.15, 0.2) is 5.82 Å². The normalized spacial score (nSPS) is 17.4. The van der Waals surface area contributed by atoms with E-state index in [4.69, 9.17) is 0 Å². The second kappa shape index (κ2) is 7.54. The van der Waals surface area contributed by atoms with Gasteiger partial charge in [0.1, 0.15) is 0 Å². The molecule has 2 nitrogen and oxygen atoms in total. The van der Waals surface area contributed by atoms with Gasteiger partial charge in [0.05, 0.1) is 5.56 Å². The third-order valence-corrected chi connectivity index (χ3v) is 4.94. The number of unbranched alkanes of at least 4 members (excludes halogenated alkanes) is 2. The zero-order chi connectivity index (χ0) is 17.9. The molecule has 0 fully saturated rings. The molecule has 1 unspecified atom stereocenters. The lowest BCUT2D eigenvalue weighted by Crippen LogP contribution is -2.16. The fraction of sp³-hybridized carbons (Fsp3) is 0.500. The molecular weight excluding hydrogens is 325 g/mol. The third-order valence-electron chi connectivity index (χ3n) is 4.94. The number of nitrogens with zero attached hydrogens (tertiary/aromatic N) is 2. The van der Waals surface area contributed by atoms with E-state index in [1.165, 1.54) is 43.4 Å². The Morgan fingerprint density at radius 3 is 2.56 bits per heavy atom. The van der Waals surface area contributed by atoms with Crippen LogP contribution in [0.5, 0.6) is 0 Å². The standard InChI is InChI=1S/C20H23F3N2/c1-2-3-4-5-14-6-11-18-16(12-14)13-24-19(25-18)15-7-9-17(10-8-15)20(21,22)23/h7-10,13-14H,2-6,11-12H2,1H3. The number of rotatable bonds is 5. The maximum Gasteiger partial charge on any atom is 0.416 e. The van der Waals surface area contributed by atoms with Gasteiger partial charge in [0.2, 0.25) is 0 Å². The van der Waals surface area contributed by atoms with Crippen molar-refractivity contribution < 1.29 is 13.2 Å². The summed E-state index contributed by atoms with van der Waals surface area (Å²) in [5.41, 5.74) is 2.23. The molecule has 25 heavy (non-hydrogen) atoms. The van der Waals surface area contributed by atoms with E-state index >= 15 is 0 Å². The highest BCUT2D eigenvalue weighted by molar-refractivity contribution is 5.56. The maximum absolute atomic E-state index is 12.7. The number of benzene rings is 1. The predicted octanol–water partition coefficient (Wildman–Crippen LogP) is 5.85. The van der Waals surface area contributed by atoms with Gasteiger partial charge in [-0.05, 0) is 42.9 Å². The summed E-state index contributed by atoms with van der Waals surface area (Å²) in [7, 11) is 0. The lowest BCUT2D eigenvalue weighted by atomic mass is 9.84. The molecular formula is C20H23F3N2. The van der Waals surface area contributed by atoms with Gasteiger partial charge in [-0.2, -0.15) is 13.2 Å². The molecule has 0 saturated heterocycles. The van der Waals surface area contributed by atoms with Crippen molar-refractivity contribution in [2.24, 2.45) is 5.92 Å². The molecule has 1 aliphatic rings. The molecule has 2 aromatic rings. The Kier molecular flexibility index (Phi) is 5.40. The van der Waals surface area contributed by atoms with Crippen LogP contribution in [0.25, 0.3) is 11.4 Å². The van der Waals surface area contributed by atoms with Crippen molar-refractivity contribution in [2.45, 2.75) is 58.0 Å². The first-order valence-corrected chi connectivity index (χ1v) is 8.99. The van der Waals surface area contributed by atoms with E-state index in [-0.39, 0.29) is 0 Å². The number of fused-ring (bicyclic) bond motifs is 1. The van der Waals surface area contributed by atoms with E-state index in [0.29, 0.717) is 17.3 Å². The molecule has 1 aromatic heterocycles. The number of aromatic nitrogens is 2. The molecule has 0 aliphatic heterocycles. The summed E-state index contributed by atoms with van der Waals surface area (Å²) in [5.74, 6) is 1.22. The number of alkyl halides is 3. The smallest absolute Gasteiger partial charge is 0.236 e. The van der Waals surface area contributed by atoms with E-state index in [1.54, 1.807) is 0 Å². The monoisotopic (exact) mass is 348 g/mol. The second-order valence-corrected chi connectivity index (χ2v) is 6.85. The topological polar surface area (TPSA) is 25.8 Å². The second-order valence-electron chi connectivity index (χ2n) is 6.85. The van der Waals surface area contributed by atoms with Crippen LogP contribution in [0.2, 0.25) is 0 Å². The van der Waals surface area contributed by atoms with E-state index in [1.807, 2.05) is 6.20 Å². The van der Waals surface area contributed by atoms with Crippen LogP contribution in [0.4, 0.5) is 13.2 Å². The van der Waals surface area contributed by atoms with E-state index in [2.05, 4.69) is 16.9 Å². The summed E-state index contributed by atoms with van der Waals surface area (Å²) >= 11 is 0. The van der Waals surface area contributed by atoms with Crippen molar-refractivity contribution in [1.82, 2.24) is 9.97 Å². The van der Waals surface area contributed by atoms with Crippen LogP contribution in [-0.4, -0.2) is 9.97 Å². The van der Waals surface area contributed by atoms with Gasteiger partial charge >= 0.3 is 6.18 Å². The molecule has 1 aliphatic carbocycles. The van der Waals surface area contributed by atoms with Crippen LogP contribution in [0, 0.1) is 5.92 Å². The van der Waals surface area contributed by atoms with Crippen LogP contribution in [-0.2, 0) is 19.0 Å². The van der Waals surface area contributed by atoms with Crippen molar-refractivity contribution in [3.63, 3.8) is 0 Å². The van der Waals surface area contributed by atoms with Gasteiger partial charge in [-0.25, -0.2) is 9.97 Å². The molecule has 5 heteroatoms.